The summed E-state index contributed by atoms with van der Waals surface area (Å²) in [5.74, 6) is 0.603. The van der Waals surface area contributed by atoms with Gasteiger partial charge in [0.15, 0.2) is 6.61 Å². The van der Waals surface area contributed by atoms with Crippen LogP contribution in [0.4, 0.5) is 0 Å². The number of carbonyl (C=O) groups is 1. The van der Waals surface area contributed by atoms with Gasteiger partial charge in [-0.15, -0.1) is 0 Å². The summed E-state index contributed by atoms with van der Waals surface area (Å²) in [5, 5.41) is 2.97. The van der Waals surface area contributed by atoms with Crippen LogP contribution in [0.15, 0.2) is 42.5 Å². The number of hydrogen-bond donors (Lipinski definition) is 1. The highest BCUT2D eigenvalue weighted by atomic mass is 16.5. The second kappa shape index (κ2) is 7.82. The zero-order valence-electron chi connectivity index (χ0n) is 14.3. The average Bonchev–Trinajstić information content (AvgIpc) is 2.55. The van der Waals surface area contributed by atoms with Gasteiger partial charge in [-0.3, -0.25) is 4.79 Å². The molecule has 0 aliphatic rings. The maximum atomic E-state index is 12.0. The van der Waals surface area contributed by atoms with Gasteiger partial charge < -0.3 is 10.1 Å². The van der Waals surface area contributed by atoms with Crippen LogP contribution in [-0.4, -0.2) is 12.5 Å². The van der Waals surface area contributed by atoms with Crippen molar-refractivity contribution in [1.82, 2.24) is 5.32 Å². The number of hydrogen-bond acceptors (Lipinski definition) is 2. The van der Waals surface area contributed by atoms with E-state index in [-0.39, 0.29) is 18.6 Å². The number of nitrogens with one attached hydrogen (secondary N) is 1. The van der Waals surface area contributed by atoms with Crippen LogP contribution >= 0.6 is 0 Å². The first-order chi connectivity index (χ1) is 11.0. The Morgan fingerprint density at radius 1 is 1.09 bits per heavy atom. The topological polar surface area (TPSA) is 38.3 Å². The minimum atomic E-state index is -0.115. The molecule has 2 aromatic carbocycles. The summed E-state index contributed by atoms with van der Waals surface area (Å²) >= 11 is 0. The van der Waals surface area contributed by atoms with Crippen molar-refractivity contribution in [3.8, 4) is 5.75 Å². The van der Waals surface area contributed by atoms with E-state index in [0.717, 1.165) is 17.7 Å². The van der Waals surface area contributed by atoms with Gasteiger partial charge in [0.2, 0.25) is 0 Å². The Morgan fingerprint density at radius 2 is 1.78 bits per heavy atom. The Bertz CT molecular complexity index is 662. The zero-order chi connectivity index (χ0) is 16.8. The number of rotatable bonds is 6. The van der Waals surface area contributed by atoms with Gasteiger partial charge in [0.1, 0.15) is 5.75 Å². The van der Waals surface area contributed by atoms with E-state index >= 15 is 0 Å². The summed E-state index contributed by atoms with van der Waals surface area (Å²) in [6, 6.07) is 14.1. The molecule has 0 aliphatic heterocycles. The van der Waals surface area contributed by atoms with E-state index in [2.05, 4.69) is 44.3 Å². The van der Waals surface area contributed by atoms with Crippen molar-refractivity contribution in [1.29, 1.82) is 0 Å². The molecule has 2 aromatic rings. The van der Waals surface area contributed by atoms with Crippen molar-refractivity contribution in [3.63, 3.8) is 0 Å². The highest BCUT2D eigenvalue weighted by Gasteiger charge is 2.10. The summed E-state index contributed by atoms with van der Waals surface area (Å²) in [6.45, 7) is 8.28. The fraction of sp³-hybridized carbons (Fsp3) is 0.350. The van der Waals surface area contributed by atoms with Gasteiger partial charge in [-0.05, 0) is 61.6 Å². The monoisotopic (exact) mass is 311 g/mol. The molecule has 0 saturated carbocycles. The van der Waals surface area contributed by atoms with Crippen LogP contribution in [0.5, 0.6) is 5.75 Å². The van der Waals surface area contributed by atoms with Gasteiger partial charge in [0, 0.05) is 0 Å². The third-order valence-electron chi connectivity index (χ3n) is 4.11. The number of ether oxygens (including phenoxy) is 1. The maximum Gasteiger partial charge on any atom is 0.258 e. The summed E-state index contributed by atoms with van der Waals surface area (Å²) in [6.07, 6.45) is 0.994. The van der Waals surface area contributed by atoms with E-state index in [9.17, 15) is 4.79 Å². The van der Waals surface area contributed by atoms with E-state index in [0.29, 0.717) is 0 Å². The second-order valence-electron chi connectivity index (χ2n) is 5.92. The Labute approximate surface area is 138 Å². The lowest BCUT2D eigenvalue weighted by Crippen LogP contribution is -2.31. The van der Waals surface area contributed by atoms with Crippen LogP contribution in [0.25, 0.3) is 0 Å². The van der Waals surface area contributed by atoms with Crippen molar-refractivity contribution in [3.05, 3.63) is 64.7 Å². The van der Waals surface area contributed by atoms with Gasteiger partial charge in [0.25, 0.3) is 5.91 Å². The standard InChI is InChI=1S/C20H25NO2/c1-5-17-7-10-19(11-8-17)23-13-20(22)21-16(4)18-9-6-14(2)15(3)12-18/h6-12,16H,5,13H2,1-4H3,(H,21,22)/t16-/m0/s1. The van der Waals surface area contributed by atoms with Gasteiger partial charge in [-0.25, -0.2) is 0 Å². The fourth-order valence-corrected chi connectivity index (χ4v) is 2.37. The smallest absolute Gasteiger partial charge is 0.258 e. The van der Waals surface area contributed by atoms with Crippen LogP contribution in [-0.2, 0) is 11.2 Å². The molecule has 0 heterocycles. The normalized spacial score (nSPS) is 11.8. The molecule has 1 N–H and O–H groups in total. The van der Waals surface area contributed by atoms with Gasteiger partial charge in [0.05, 0.1) is 6.04 Å². The lowest BCUT2D eigenvalue weighted by atomic mass is 10.0. The van der Waals surface area contributed by atoms with E-state index in [1.165, 1.54) is 16.7 Å². The fourth-order valence-electron chi connectivity index (χ4n) is 2.37. The molecule has 1 atom stereocenters. The Kier molecular flexibility index (Phi) is 5.80. The number of aryl methyl sites for hydroxylation is 3. The zero-order valence-corrected chi connectivity index (χ0v) is 14.3. The molecule has 3 heteroatoms. The predicted molar refractivity (Wildman–Crippen MR) is 93.8 cm³/mol. The summed E-state index contributed by atoms with van der Waals surface area (Å²) in [4.78, 5) is 12.0. The molecule has 3 nitrogen and oxygen atoms in total. The Hall–Kier alpha value is -2.29. The second-order valence-corrected chi connectivity index (χ2v) is 5.92. The summed E-state index contributed by atoms with van der Waals surface area (Å²) < 4.78 is 5.53. The first kappa shape index (κ1) is 17.1. The number of carbonyl (C=O) groups excluding carboxylic acids is 1. The molecule has 0 aliphatic carbocycles. The minimum absolute atomic E-state index is 0.0284. The largest absolute Gasteiger partial charge is 0.484 e. The molecule has 0 spiro atoms. The molecule has 0 unspecified atom stereocenters. The molecule has 23 heavy (non-hydrogen) atoms. The first-order valence-electron chi connectivity index (χ1n) is 8.08. The third kappa shape index (κ3) is 4.85. The number of benzene rings is 2. The van der Waals surface area contributed by atoms with Crippen molar-refractivity contribution < 1.29 is 9.53 Å². The van der Waals surface area contributed by atoms with Crippen molar-refractivity contribution >= 4 is 5.91 Å². The van der Waals surface area contributed by atoms with Crippen LogP contribution < -0.4 is 10.1 Å². The van der Waals surface area contributed by atoms with Crippen LogP contribution in [0.2, 0.25) is 0 Å². The number of amides is 1. The summed E-state index contributed by atoms with van der Waals surface area (Å²) in [5.41, 5.74) is 4.85. The molecule has 1 amide bonds. The quantitative estimate of drug-likeness (QED) is 0.871. The van der Waals surface area contributed by atoms with Crippen molar-refractivity contribution in [2.24, 2.45) is 0 Å². The Morgan fingerprint density at radius 3 is 2.39 bits per heavy atom. The molecule has 0 radical (unpaired) electrons. The molecular weight excluding hydrogens is 286 g/mol. The Balaban J connectivity index is 1.86. The minimum Gasteiger partial charge on any atom is -0.484 e. The molecular formula is C20H25NO2. The highest BCUT2D eigenvalue weighted by Crippen LogP contribution is 2.17. The highest BCUT2D eigenvalue weighted by molar-refractivity contribution is 5.78. The van der Waals surface area contributed by atoms with Gasteiger partial charge >= 0.3 is 0 Å². The molecule has 0 saturated heterocycles. The molecule has 122 valence electrons. The molecule has 0 fully saturated rings. The van der Waals surface area contributed by atoms with Gasteiger partial charge in [-0.1, -0.05) is 37.3 Å². The SMILES string of the molecule is CCc1ccc(OCC(=O)N[C@@H](C)c2ccc(C)c(C)c2)cc1. The maximum absolute atomic E-state index is 12.0. The summed E-state index contributed by atoms with van der Waals surface area (Å²) in [7, 11) is 0. The van der Waals surface area contributed by atoms with E-state index in [4.69, 9.17) is 4.74 Å². The van der Waals surface area contributed by atoms with Crippen LogP contribution in [0.1, 0.15) is 42.1 Å². The average molecular weight is 311 g/mol. The van der Waals surface area contributed by atoms with E-state index in [1.54, 1.807) is 0 Å². The third-order valence-corrected chi connectivity index (χ3v) is 4.11. The van der Waals surface area contributed by atoms with Crippen molar-refractivity contribution in [2.75, 3.05) is 6.61 Å². The van der Waals surface area contributed by atoms with Gasteiger partial charge in [-0.2, -0.15) is 0 Å². The van der Waals surface area contributed by atoms with E-state index in [1.807, 2.05) is 31.2 Å². The van der Waals surface area contributed by atoms with Crippen LogP contribution in [0.3, 0.4) is 0 Å². The van der Waals surface area contributed by atoms with Crippen molar-refractivity contribution in [2.45, 2.75) is 40.2 Å². The molecule has 0 aromatic heterocycles. The molecule has 2 rings (SSSR count). The predicted octanol–water partition coefficient (Wildman–Crippen LogP) is 4.12. The lowest BCUT2D eigenvalue weighted by Gasteiger charge is -2.16. The first-order valence-corrected chi connectivity index (χ1v) is 8.08. The van der Waals surface area contributed by atoms with Crippen LogP contribution in [0, 0.1) is 13.8 Å². The lowest BCUT2D eigenvalue weighted by molar-refractivity contribution is -0.123. The van der Waals surface area contributed by atoms with E-state index < -0.39 is 0 Å². The molecule has 0 bridgehead atoms.